The first-order chi connectivity index (χ1) is 17.4. The van der Waals surface area contributed by atoms with E-state index in [1.807, 2.05) is 26.0 Å². The van der Waals surface area contributed by atoms with E-state index in [0.717, 1.165) is 62.0 Å². The minimum Gasteiger partial charge on any atom is -0.380 e. The molecule has 1 saturated heterocycles. The molecule has 1 atom stereocenters. The van der Waals surface area contributed by atoms with Gasteiger partial charge in [-0.1, -0.05) is 11.6 Å². The lowest BCUT2D eigenvalue weighted by molar-refractivity contribution is 0.0941. The van der Waals surface area contributed by atoms with E-state index >= 15 is 4.39 Å². The SMILES string of the molecule is CO[C@H]1CCN([C@H]2CC[C@H](c3cc(F)c(Nc4ncc(Cl)c(Nc5cc(C)[nH]n5)n4)cc3C)CC2)C1. The molecule has 8 nitrogen and oxygen atoms in total. The third-order valence-electron chi connectivity index (χ3n) is 7.46. The van der Waals surface area contributed by atoms with E-state index in [9.17, 15) is 0 Å². The molecule has 3 N–H and O–H groups in total. The number of benzene rings is 1. The quantitative estimate of drug-likeness (QED) is 0.365. The summed E-state index contributed by atoms with van der Waals surface area (Å²) in [5, 5.41) is 13.4. The zero-order valence-electron chi connectivity index (χ0n) is 20.9. The highest BCUT2D eigenvalue weighted by Gasteiger charge is 2.32. The van der Waals surface area contributed by atoms with Gasteiger partial charge in [0.15, 0.2) is 11.6 Å². The first kappa shape index (κ1) is 24.9. The molecule has 2 fully saturated rings. The molecule has 5 rings (SSSR count). The van der Waals surface area contributed by atoms with Crippen molar-refractivity contribution in [2.24, 2.45) is 0 Å². The Bertz CT molecular complexity index is 1210. The maximum absolute atomic E-state index is 15.2. The molecular formula is C26H33ClFN7O. The van der Waals surface area contributed by atoms with Gasteiger partial charge in [-0.25, -0.2) is 9.37 Å². The molecule has 0 radical (unpaired) electrons. The molecule has 0 unspecified atom stereocenters. The van der Waals surface area contributed by atoms with Gasteiger partial charge in [-0.15, -0.1) is 0 Å². The summed E-state index contributed by atoms with van der Waals surface area (Å²) in [7, 11) is 1.80. The summed E-state index contributed by atoms with van der Waals surface area (Å²) in [5.41, 5.74) is 3.42. The number of hydrogen-bond donors (Lipinski definition) is 3. The van der Waals surface area contributed by atoms with Crippen LogP contribution < -0.4 is 10.6 Å². The smallest absolute Gasteiger partial charge is 0.229 e. The Hall–Kier alpha value is -2.75. The predicted molar refractivity (Wildman–Crippen MR) is 140 cm³/mol. The Labute approximate surface area is 216 Å². The minimum atomic E-state index is -0.309. The van der Waals surface area contributed by atoms with E-state index < -0.39 is 0 Å². The van der Waals surface area contributed by atoms with Crippen LogP contribution in [0.5, 0.6) is 0 Å². The van der Waals surface area contributed by atoms with Crippen molar-refractivity contribution in [1.29, 1.82) is 0 Å². The first-order valence-corrected chi connectivity index (χ1v) is 12.9. The number of likely N-dealkylation sites (tertiary alicyclic amines) is 1. The molecule has 1 aliphatic heterocycles. The summed E-state index contributed by atoms with van der Waals surface area (Å²) in [6.45, 7) is 6.10. The van der Waals surface area contributed by atoms with Crippen LogP contribution in [0.25, 0.3) is 0 Å². The molecule has 1 saturated carbocycles. The van der Waals surface area contributed by atoms with Crippen LogP contribution in [0.15, 0.2) is 24.4 Å². The van der Waals surface area contributed by atoms with Crippen LogP contribution in [0, 0.1) is 19.7 Å². The van der Waals surface area contributed by atoms with Crippen LogP contribution in [-0.4, -0.2) is 57.4 Å². The van der Waals surface area contributed by atoms with Crippen molar-refractivity contribution in [2.45, 2.75) is 64.0 Å². The molecule has 1 aliphatic carbocycles. The normalized spacial score (nSPS) is 22.6. The Kier molecular flexibility index (Phi) is 7.41. The van der Waals surface area contributed by atoms with Gasteiger partial charge < -0.3 is 15.4 Å². The zero-order chi connectivity index (χ0) is 25.2. The molecule has 2 aliphatic rings. The number of rotatable bonds is 7. The molecule has 0 bridgehead atoms. The van der Waals surface area contributed by atoms with Gasteiger partial charge in [0.2, 0.25) is 5.95 Å². The topological polar surface area (TPSA) is 91.0 Å². The van der Waals surface area contributed by atoms with Gasteiger partial charge in [0, 0.05) is 38.0 Å². The summed E-state index contributed by atoms with van der Waals surface area (Å²) in [5.74, 6) is 1.30. The summed E-state index contributed by atoms with van der Waals surface area (Å²) in [4.78, 5) is 11.2. The number of hydrogen-bond acceptors (Lipinski definition) is 7. The molecule has 3 aromatic rings. The lowest BCUT2D eigenvalue weighted by Gasteiger charge is -2.35. The van der Waals surface area contributed by atoms with E-state index in [2.05, 4.69) is 35.7 Å². The maximum Gasteiger partial charge on any atom is 0.229 e. The van der Waals surface area contributed by atoms with Crippen molar-refractivity contribution in [2.75, 3.05) is 30.8 Å². The highest BCUT2D eigenvalue weighted by atomic mass is 35.5. The number of nitrogens with one attached hydrogen (secondary N) is 3. The number of anilines is 4. The fourth-order valence-electron chi connectivity index (χ4n) is 5.50. The second kappa shape index (κ2) is 10.7. The largest absolute Gasteiger partial charge is 0.380 e. The fourth-order valence-corrected chi connectivity index (χ4v) is 5.64. The molecule has 0 spiro atoms. The second-order valence-electron chi connectivity index (χ2n) is 9.91. The van der Waals surface area contributed by atoms with Crippen molar-refractivity contribution in [3.8, 4) is 0 Å². The lowest BCUT2D eigenvalue weighted by Crippen LogP contribution is -2.37. The number of aryl methyl sites for hydroxylation is 2. The van der Waals surface area contributed by atoms with Crippen molar-refractivity contribution in [1.82, 2.24) is 25.1 Å². The highest BCUT2D eigenvalue weighted by Crippen LogP contribution is 2.38. The number of H-pyrrole nitrogens is 1. The van der Waals surface area contributed by atoms with Gasteiger partial charge in [-0.3, -0.25) is 10.00 Å². The lowest BCUT2D eigenvalue weighted by atomic mass is 9.79. The van der Waals surface area contributed by atoms with Gasteiger partial charge in [0.25, 0.3) is 0 Å². The van der Waals surface area contributed by atoms with E-state index in [-0.39, 0.29) is 11.8 Å². The number of ether oxygens (including phenoxy) is 1. The van der Waals surface area contributed by atoms with Crippen LogP contribution in [0.2, 0.25) is 5.02 Å². The Balaban J connectivity index is 1.25. The minimum absolute atomic E-state index is 0.251. The number of aromatic nitrogens is 4. The average molecular weight is 514 g/mol. The molecule has 0 amide bonds. The predicted octanol–water partition coefficient (Wildman–Crippen LogP) is 5.84. The summed E-state index contributed by atoms with van der Waals surface area (Å²) < 4.78 is 20.7. The number of aromatic amines is 1. The van der Waals surface area contributed by atoms with Crippen molar-refractivity contribution >= 4 is 34.9 Å². The molecule has 36 heavy (non-hydrogen) atoms. The van der Waals surface area contributed by atoms with Crippen LogP contribution in [0.4, 0.5) is 27.7 Å². The van der Waals surface area contributed by atoms with E-state index in [0.29, 0.717) is 40.4 Å². The van der Waals surface area contributed by atoms with Gasteiger partial charge in [0.05, 0.1) is 18.0 Å². The van der Waals surface area contributed by atoms with Crippen molar-refractivity contribution < 1.29 is 9.13 Å². The number of nitrogens with zero attached hydrogens (tertiary/aromatic N) is 4. The second-order valence-corrected chi connectivity index (χ2v) is 10.3. The van der Waals surface area contributed by atoms with Gasteiger partial charge in [-0.2, -0.15) is 10.1 Å². The maximum atomic E-state index is 15.2. The molecule has 192 valence electrons. The highest BCUT2D eigenvalue weighted by molar-refractivity contribution is 6.32. The van der Waals surface area contributed by atoms with Gasteiger partial charge >= 0.3 is 0 Å². The van der Waals surface area contributed by atoms with Gasteiger partial charge in [0.1, 0.15) is 10.8 Å². The molecule has 1 aromatic carbocycles. The Morgan fingerprint density at radius 1 is 1.11 bits per heavy atom. The molecular weight excluding hydrogens is 481 g/mol. The van der Waals surface area contributed by atoms with Crippen LogP contribution in [0.1, 0.15) is 54.8 Å². The third-order valence-corrected chi connectivity index (χ3v) is 7.74. The standard InChI is InChI=1S/C26H33ClFN7O/c1-15-10-23(30-26-29-13-21(27)25(32-26)31-24-11-16(2)33-34-24)22(28)12-20(15)17-4-6-18(7-5-17)35-9-8-19(14-35)36-3/h10-13,17-19H,4-9,14H2,1-3H3,(H3,29,30,31,32,33,34)/t17-,18-,19-/m0/s1. The fraction of sp³-hybridized carbons (Fsp3) is 0.500. The Morgan fingerprint density at radius 2 is 1.92 bits per heavy atom. The average Bonchev–Trinajstić information content (AvgIpc) is 3.52. The van der Waals surface area contributed by atoms with Crippen LogP contribution in [-0.2, 0) is 4.74 Å². The number of halogens is 2. The zero-order valence-corrected chi connectivity index (χ0v) is 21.7. The molecule has 2 aromatic heterocycles. The Morgan fingerprint density at radius 3 is 2.61 bits per heavy atom. The van der Waals surface area contributed by atoms with Gasteiger partial charge in [-0.05, 0) is 75.1 Å². The summed E-state index contributed by atoms with van der Waals surface area (Å²) in [6.07, 6.45) is 7.41. The summed E-state index contributed by atoms with van der Waals surface area (Å²) in [6, 6.07) is 5.98. The third kappa shape index (κ3) is 5.48. The first-order valence-electron chi connectivity index (χ1n) is 12.5. The van der Waals surface area contributed by atoms with Crippen LogP contribution >= 0.6 is 11.6 Å². The monoisotopic (exact) mass is 513 g/mol. The van der Waals surface area contributed by atoms with Crippen molar-refractivity contribution in [3.05, 3.63) is 52.1 Å². The van der Waals surface area contributed by atoms with E-state index in [1.165, 1.54) is 6.20 Å². The molecule has 3 heterocycles. The van der Waals surface area contributed by atoms with E-state index in [1.54, 1.807) is 13.2 Å². The number of methoxy groups -OCH3 is 1. The summed E-state index contributed by atoms with van der Waals surface area (Å²) >= 11 is 6.25. The van der Waals surface area contributed by atoms with Crippen LogP contribution in [0.3, 0.4) is 0 Å². The van der Waals surface area contributed by atoms with E-state index in [4.69, 9.17) is 16.3 Å². The molecule has 10 heteroatoms. The van der Waals surface area contributed by atoms with Crippen molar-refractivity contribution in [3.63, 3.8) is 0 Å².